The second-order valence-corrected chi connectivity index (χ2v) is 6.00. The zero-order valence-corrected chi connectivity index (χ0v) is 13.6. The molecule has 2 atom stereocenters. The number of benzene rings is 1. The highest BCUT2D eigenvalue weighted by molar-refractivity contribution is 5.76. The molecule has 0 spiro atoms. The van der Waals surface area contributed by atoms with Gasteiger partial charge in [-0.15, -0.1) is 0 Å². The van der Waals surface area contributed by atoms with Crippen LogP contribution in [0.2, 0.25) is 0 Å². The van der Waals surface area contributed by atoms with Gasteiger partial charge in [0.15, 0.2) is 0 Å². The molecule has 1 rings (SSSR count). The summed E-state index contributed by atoms with van der Waals surface area (Å²) in [6.07, 6.45) is 1.47. The number of carbonyl (C=O) groups excluding carboxylic acids is 1. The monoisotopic (exact) mass is 292 g/mol. The molecule has 0 saturated carbocycles. The van der Waals surface area contributed by atoms with E-state index in [9.17, 15) is 4.79 Å². The van der Waals surface area contributed by atoms with Crippen molar-refractivity contribution < 1.29 is 9.53 Å². The average molecular weight is 292 g/mol. The maximum Gasteiger partial charge on any atom is 0.220 e. The summed E-state index contributed by atoms with van der Waals surface area (Å²) < 4.78 is 5.21. The molecule has 1 amide bonds. The fraction of sp³-hybridized carbons (Fsp3) is 0.588. The summed E-state index contributed by atoms with van der Waals surface area (Å²) in [5.41, 5.74) is 6.79. The van der Waals surface area contributed by atoms with Crippen molar-refractivity contribution in [1.29, 1.82) is 0 Å². The Morgan fingerprint density at radius 2 is 2.05 bits per heavy atom. The van der Waals surface area contributed by atoms with E-state index in [1.165, 1.54) is 0 Å². The van der Waals surface area contributed by atoms with E-state index in [1.807, 2.05) is 31.2 Å². The first-order valence-electron chi connectivity index (χ1n) is 7.59. The van der Waals surface area contributed by atoms with Crippen LogP contribution in [0.15, 0.2) is 24.3 Å². The van der Waals surface area contributed by atoms with Gasteiger partial charge in [-0.3, -0.25) is 4.79 Å². The number of nitrogens with two attached hydrogens (primary N) is 1. The van der Waals surface area contributed by atoms with Crippen LogP contribution in [-0.4, -0.2) is 19.6 Å². The van der Waals surface area contributed by atoms with Gasteiger partial charge in [0.1, 0.15) is 5.75 Å². The van der Waals surface area contributed by atoms with Gasteiger partial charge in [0.25, 0.3) is 0 Å². The molecule has 0 bridgehead atoms. The summed E-state index contributed by atoms with van der Waals surface area (Å²) >= 11 is 0. The van der Waals surface area contributed by atoms with Gasteiger partial charge in [-0.05, 0) is 49.4 Å². The minimum Gasteiger partial charge on any atom is -0.497 e. The fourth-order valence-corrected chi connectivity index (χ4v) is 2.49. The van der Waals surface area contributed by atoms with Crippen molar-refractivity contribution in [1.82, 2.24) is 5.32 Å². The zero-order valence-electron chi connectivity index (χ0n) is 13.6. The van der Waals surface area contributed by atoms with E-state index in [0.29, 0.717) is 18.9 Å². The van der Waals surface area contributed by atoms with E-state index in [1.54, 1.807) is 7.11 Å². The van der Waals surface area contributed by atoms with Crippen LogP contribution in [0.1, 0.15) is 45.2 Å². The Hall–Kier alpha value is -1.55. The van der Waals surface area contributed by atoms with Crippen LogP contribution in [0, 0.1) is 11.8 Å². The number of ether oxygens (including phenoxy) is 1. The highest BCUT2D eigenvalue weighted by Crippen LogP contribution is 2.20. The molecule has 0 aliphatic carbocycles. The first kappa shape index (κ1) is 17.5. The Morgan fingerprint density at radius 3 is 2.62 bits per heavy atom. The van der Waals surface area contributed by atoms with Crippen molar-refractivity contribution >= 4 is 5.91 Å². The molecule has 3 N–H and O–H groups in total. The van der Waals surface area contributed by atoms with E-state index >= 15 is 0 Å². The van der Waals surface area contributed by atoms with E-state index < -0.39 is 0 Å². The predicted molar refractivity (Wildman–Crippen MR) is 86.2 cm³/mol. The van der Waals surface area contributed by atoms with E-state index in [-0.39, 0.29) is 17.9 Å². The van der Waals surface area contributed by atoms with Crippen LogP contribution < -0.4 is 15.8 Å². The highest BCUT2D eigenvalue weighted by atomic mass is 16.5. The standard InChI is InChI=1S/C17H28N2O2/c1-12(2)8-14(11-18)9-17(20)19-13(3)15-6-5-7-16(10-15)21-4/h5-7,10,12-14H,8-9,11,18H2,1-4H3,(H,19,20)/t13-,14?/m1/s1. The topological polar surface area (TPSA) is 64.3 Å². The van der Waals surface area contributed by atoms with Crippen LogP contribution in [0.4, 0.5) is 0 Å². The largest absolute Gasteiger partial charge is 0.497 e. The van der Waals surface area contributed by atoms with Crippen molar-refractivity contribution in [3.63, 3.8) is 0 Å². The van der Waals surface area contributed by atoms with Gasteiger partial charge in [-0.1, -0.05) is 26.0 Å². The summed E-state index contributed by atoms with van der Waals surface area (Å²) in [6.45, 7) is 6.84. The SMILES string of the molecule is COc1cccc([C@@H](C)NC(=O)CC(CN)CC(C)C)c1. The molecule has 1 unspecified atom stereocenters. The van der Waals surface area contributed by atoms with Crippen molar-refractivity contribution in [3.05, 3.63) is 29.8 Å². The lowest BCUT2D eigenvalue weighted by Gasteiger charge is -2.19. The third-order valence-electron chi connectivity index (χ3n) is 3.58. The minimum atomic E-state index is -0.0370. The minimum absolute atomic E-state index is 0.0370. The Balaban J connectivity index is 2.56. The van der Waals surface area contributed by atoms with E-state index in [2.05, 4.69) is 19.2 Å². The number of rotatable bonds is 8. The van der Waals surface area contributed by atoms with E-state index in [4.69, 9.17) is 10.5 Å². The lowest BCUT2D eigenvalue weighted by Crippen LogP contribution is -2.30. The summed E-state index contributed by atoms with van der Waals surface area (Å²) in [5, 5.41) is 3.04. The molecule has 0 aromatic heterocycles. The molecule has 0 aliphatic rings. The number of hydrogen-bond acceptors (Lipinski definition) is 3. The van der Waals surface area contributed by atoms with Crippen LogP contribution in [0.3, 0.4) is 0 Å². The predicted octanol–water partition coefficient (Wildman–Crippen LogP) is 2.88. The molecular formula is C17H28N2O2. The lowest BCUT2D eigenvalue weighted by molar-refractivity contribution is -0.122. The normalized spacial score (nSPS) is 13.8. The number of carbonyl (C=O) groups is 1. The van der Waals surface area contributed by atoms with Crippen molar-refractivity contribution in [2.24, 2.45) is 17.6 Å². The van der Waals surface area contributed by atoms with Gasteiger partial charge in [0.2, 0.25) is 5.91 Å². The lowest BCUT2D eigenvalue weighted by atomic mass is 9.94. The smallest absolute Gasteiger partial charge is 0.220 e. The molecule has 0 heterocycles. The summed E-state index contributed by atoms with van der Waals surface area (Å²) in [4.78, 5) is 12.1. The number of methoxy groups -OCH3 is 1. The van der Waals surface area contributed by atoms with Crippen molar-refractivity contribution in [2.45, 2.75) is 39.7 Å². The van der Waals surface area contributed by atoms with Gasteiger partial charge in [0, 0.05) is 6.42 Å². The molecule has 118 valence electrons. The summed E-state index contributed by atoms with van der Waals surface area (Å²) in [6, 6.07) is 7.72. The highest BCUT2D eigenvalue weighted by Gasteiger charge is 2.16. The number of hydrogen-bond donors (Lipinski definition) is 2. The van der Waals surface area contributed by atoms with Crippen LogP contribution >= 0.6 is 0 Å². The molecule has 0 radical (unpaired) electrons. The first-order valence-corrected chi connectivity index (χ1v) is 7.59. The number of nitrogens with one attached hydrogen (secondary N) is 1. The Morgan fingerprint density at radius 1 is 1.33 bits per heavy atom. The summed E-state index contributed by atoms with van der Waals surface area (Å²) in [7, 11) is 1.64. The second kappa shape index (κ2) is 8.67. The second-order valence-electron chi connectivity index (χ2n) is 6.00. The molecule has 1 aromatic carbocycles. The molecule has 4 heteroatoms. The van der Waals surface area contributed by atoms with Crippen molar-refractivity contribution in [2.75, 3.05) is 13.7 Å². The fourth-order valence-electron chi connectivity index (χ4n) is 2.49. The van der Waals surface area contributed by atoms with Crippen LogP contribution in [-0.2, 0) is 4.79 Å². The zero-order chi connectivity index (χ0) is 15.8. The molecule has 0 aliphatic heterocycles. The van der Waals surface area contributed by atoms with Gasteiger partial charge in [-0.2, -0.15) is 0 Å². The van der Waals surface area contributed by atoms with Crippen LogP contribution in [0.5, 0.6) is 5.75 Å². The van der Waals surface area contributed by atoms with Crippen LogP contribution in [0.25, 0.3) is 0 Å². The third kappa shape index (κ3) is 6.17. The Bertz CT molecular complexity index is 446. The molecule has 0 fully saturated rings. The molecule has 21 heavy (non-hydrogen) atoms. The Kier molecular flexibility index (Phi) is 7.23. The average Bonchev–Trinajstić information content (AvgIpc) is 2.45. The summed E-state index contributed by atoms with van der Waals surface area (Å²) in [5.74, 6) is 1.67. The van der Waals surface area contributed by atoms with Crippen molar-refractivity contribution in [3.8, 4) is 5.75 Å². The van der Waals surface area contributed by atoms with Gasteiger partial charge in [0.05, 0.1) is 13.2 Å². The maximum absolute atomic E-state index is 12.1. The molecular weight excluding hydrogens is 264 g/mol. The van der Waals surface area contributed by atoms with E-state index in [0.717, 1.165) is 17.7 Å². The van der Waals surface area contributed by atoms with Gasteiger partial charge >= 0.3 is 0 Å². The molecule has 1 aromatic rings. The third-order valence-corrected chi connectivity index (χ3v) is 3.58. The Labute approximate surface area is 128 Å². The quantitative estimate of drug-likeness (QED) is 0.774. The molecule has 0 saturated heterocycles. The maximum atomic E-state index is 12.1. The first-order chi connectivity index (χ1) is 9.96. The molecule has 4 nitrogen and oxygen atoms in total. The van der Waals surface area contributed by atoms with Gasteiger partial charge < -0.3 is 15.8 Å². The number of amides is 1. The van der Waals surface area contributed by atoms with Gasteiger partial charge in [-0.25, -0.2) is 0 Å².